The maximum Gasteiger partial charge on any atom is 0.207 e. The molecule has 12 heavy (non-hydrogen) atoms. The van der Waals surface area contributed by atoms with Gasteiger partial charge in [-0.15, -0.1) is 0 Å². The Hall–Kier alpha value is -1.71. The lowest BCUT2D eigenvalue weighted by Gasteiger charge is -1.85. The van der Waals surface area contributed by atoms with Gasteiger partial charge in [-0.25, -0.2) is 4.39 Å². The second-order valence-corrected chi connectivity index (χ2v) is 2.33. The molecule has 0 bridgehead atoms. The zero-order valence-corrected chi connectivity index (χ0v) is 5.95. The third-order valence-electron chi connectivity index (χ3n) is 1.57. The van der Waals surface area contributed by atoms with Gasteiger partial charge < -0.3 is 4.52 Å². The first-order valence-electron chi connectivity index (χ1n) is 3.31. The predicted molar refractivity (Wildman–Crippen MR) is 39.4 cm³/mol. The van der Waals surface area contributed by atoms with Gasteiger partial charge in [0.05, 0.1) is 5.39 Å². The van der Waals surface area contributed by atoms with Crippen LogP contribution in [0.2, 0.25) is 0 Å². The molecular formula is C8H4FNO2. The zero-order valence-electron chi connectivity index (χ0n) is 5.95. The molecule has 0 aliphatic carbocycles. The summed E-state index contributed by atoms with van der Waals surface area (Å²) in [4.78, 5) is 10.3. The fourth-order valence-corrected chi connectivity index (χ4v) is 1.02. The fraction of sp³-hybridized carbons (Fsp3) is 0. The normalized spacial score (nSPS) is 10.4. The minimum atomic E-state index is -0.395. The zero-order chi connectivity index (χ0) is 8.55. The van der Waals surface area contributed by atoms with Gasteiger partial charge in [0.1, 0.15) is 11.3 Å². The van der Waals surface area contributed by atoms with Crippen LogP contribution in [0.5, 0.6) is 0 Å². The first-order valence-corrected chi connectivity index (χ1v) is 3.31. The average Bonchev–Trinajstić information content (AvgIpc) is 2.46. The molecule has 0 spiro atoms. The minimum Gasteiger partial charge on any atom is -0.352 e. The van der Waals surface area contributed by atoms with Crippen LogP contribution in [0.3, 0.4) is 0 Å². The molecule has 0 amide bonds. The van der Waals surface area contributed by atoms with E-state index in [2.05, 4.69) is 9.68 Å². The Balaban J connectivity index is 2.81. The Morgan fingerprint density at radius 3 is 3.08 bits per heavy atom. The van der Waals surface area contributed by atoms with E-state index < -0.39 is 5.82 Å². The summed E-state index contributed by atoms with van der Waals surface area (Å²) in [6, 6.07) is 3.93. The van der Waals surface area contributed by atoms with Crippen LogP contribution in [0.25, 0.3) is 10.9 Å². The van der Waals surface area contributed by atoms with Gasteiger partial charge in [-0.3, -0.25) is 4.79 Å². The van der Waals surface area contributed by atoms with E-state index in [0.29, 0.717) is 17.2 Å². The highest BCUT2D eigenvalue weighted by atomic mass is 19.1. The number of aromatic nitrogens is 1. The summed E-state index contributed by atoms with van der Waals surface area (Å²) in [6.45, 7) is 0. The summed E-state index contributed by atoms with van der Waals surface area (Å²) >= 11 is 0. The largest absolute Gasteiger partial charge is 0.352 e. The first kappa shape index (κ1) is 6.97. The van der Waals surface area contributed by atoms with Gasteiger partial charge in [0.15, 0.2) is 6.29 Å². The van der Waals surface area contributed by atoms with Crippen molar-refractivity contribution in [1.82, 2.24) is 5.16 Å². The van der Waals surface area contributed by atoms with Gasteiger partial charge in [0.2, 0.25) is 5.76 Å². The highest BCUT2D eigenvalue weighted by Crippen LogP contribution is 2.17. The number of carbonyl (C=O) groups excluding carboxylic acids is 1. The average molecular weight is 165 g/mol. The van der Waals surface area contributed by atoms with E-state index in [1.54, 1.807) is 0 Å². The van der Waals surface area contributed by atoms with Crippen molar-refractivity contribution in [2.45, 2.75) is 0 Å². The molecular weight excluding hydrogens is 161 g/mol. The van der Waals surface area contributed by atoms with E-state index >= 15 is 0 Å². The first-order chi connectivity index (χ1) is 5.81. The van der Waals surface area contributed by atoms with E-state index in [9.17, 15) is 9.18 Å². The van der Waals surface area contributed by atoms with Crippen molar-refractivity contribution in [3.05, 3.63) is 29.8 Å². The molecule has 0 saturated carbocycles. The Kier molecular flexibility index (Phi) is 1.40. The Morgan fingerprint density at radius 2 is 2.33 bits per heavy atom. The molecule has 3 nitrogen and oxygen atoms in total. The smallest absolute Gasteiger partial charge is 0.207 e. The highest BCUT2D eigenvalue weighted by molar-refractivity contribution is 5.93. The minimum absolute atomic E-state index is 0.130. The number of fused-ring (bicyclic) bond motifs is 1. The molecule has 60 valence electrons. The summed E-state index contributed by atoms with van der Waals surface area (Å²) in [5.41, 5.74) is 0.358. The molecule has 0 radical (unpaired) electrons. The number of benzene rings is 1. The topological polar surface area (TPSA) is 43.1 Å². The fourth-order valence-electron chi connectivity index (χ4n) is 1.02. The van der Waals surface area contributed by atoms with E-state index in [0.717, 1.165) is 0 Å². The van der Waals surface area contributed by atoms with E-state index in [1.807, 2.05) is 0 Å². The second-order valence-electron chi connectivity index (χ2n) is 2.33. The van der Waals surface area contributed by atoms with Crippen LogP contribution in [-0.4, -0.2) is 11.4 Å². The number of hydrogen-bond donors (Lipinski definition) is 0. The number of nitrogens with zero attached hydrogens (tertiary/aromatic N) is 1. The number of carbonyl (C=O) groups is 1. The van der Waals surface area contributed by atoms with Gasteiger partial charge in [-0.1, -0.05) is 5.16 Å². The molecule has 0 unspecified atom stereocenters. The van der Waals surface area contributed by atoms with Crippen LogP contribution in [0.4, 0.5) is 4.39 Å². The Morgan fingerprint density at radius 1 is 1.50 bits per heavy atom. The molecule has 0 fully saturated rings. The molecule has 4 heteroatoms. The van der Waals surface area contributed by atoms with E-state index in [4.69, 9.17) is 0 Å². The van der Waals surface area contributed by atoms with Crippen molar-refractivity contribution < 1.29 is 13.7 Å². The predicted octanol–water partition coefficient (Wildman–Crippen LogP) is 1.78. The highest BCUT2D eigenvalue weighted by Gasteiger charge is 2.06. The summed E-state index contributed by atoms with van der Waals surface area (Å²) in [5.74, 6) is -0.266. The molecule has 0 atom stereocenters. The molecule has 0 N–H and O–H groups in total. The van der Waals surface area contributed by atoms with Crippen LogP contribution >= 0.6 is 0 Å². The molecule has 0 aliphatic rings. The monoisotopic (exact) mass is 165 g/mol. The summed E-state index contributed by atoms with van der Waals surface area (Å²) < 4.78 is 17.2. The van der Waals surface area contributed by atoms with Crippen molar-refractivity contribution in [1.29, 1.82) is 0 Å². The number of halogens is 1. The standard InChI is InChI=1S/C8H4FNO2/c9-5-1-2-6-7(3-5)10-12-8(6)4-11/h1-4H. The lowest BCUT2D eigenvalue weighted by Crippen LogP contribution is -1.75. The van der Waals surface area contributed by atoms with Gasteiger partial charge in [-0.2, -0.15) is 0 Å². The van der Waals surface area contributed by atoms with Gasteiger partial charge in [0.25, 0.3) is 0 Å². The van der Waals surface area contributed by atoms with Crippen LogP contribution < -0.4 is 0 Å². The lowest BCUT2D eigenvalue weighted by molar-refractivity contribution is 0.109. The maximum atomic E-state index is 12.6. The molecule has 2 aromatic rings. The Bertz CT molecular complexity index is 436. The number of rotatable bonds is 1. The molecule has 2 rings (SSSR count). The second kappa shape index (κ2) is 2.41. The SMILES string of the molecule is O=Cc1onc2cc(F)ccc12. The number of aldehydes is 1. The van der Waals surface area contributed by atoms with Gasteiger partial charge >= 0.3 is 0 Å². The third kappa shape index (κ3) is 0.887. The van der Waals surface area contributed by atoms with Crippen LogP contribution in [0.1, 0.15) is 10.6 Å². The molecule has 0 aliphatic heterocycles. The lowest BCUT2D eigenvalue weighted by atomic mass is 10.2. The maximum absolute atomic E-state index is 12.6. The number of hydrogen-bond acceptors (Lipinski definition) is 3. The van der Waals surface area contributed by atoms with Crippen molar-refractivity contribution in [3.8, 4) is 0 Å². The molecule has 0 saturated heterocycles. The molecule has 1 heterocycles. The van der Waals surface area contributed by atoms with Crippen molar-refractivity contribution in [2.24, 2.45) is 0 Å². The molecule has 1 aromatic heterocycles. The van der Waals surface area contributed by atoms with Crippen LogP contribution in [0.15, 0.2) is 22.7 Å². The van der Waals surface area contributed by atoms with Gasteiger partial charge in [0, 0.05) is 6.07 Å². The van der Waals surface area contributed by atoms with E-state index in [-0.39, 0.29) is 5.76 Å². The van der Waals surface area contributed by atoms with Crippen LogP contribution in [0, 0.1) is 5.82 Å². The van der Waals surface area contributed by atoms with Crippen LogP contribution in [-0.2, 0) is 0 Å². The summed E-state index contributed by atoms with van der Waals surface area (Å²) in [6.07, 6.45) is 0.549. The van der Waals surface area contributed by atoms with E-state index in [1.165, 1.54) is 18.2 Å². The summed E-state index contributed by atoms with van der Waals surface area (Å²) in [7, 11) is 0. The van der Waals surface area contributed by atoms with Crippen molar-refractivity contribution in [3.63, 3.8) is 0 Å². The molecule has 1 aromatic carbocycles. The summed E-state index contributed by atoms with van der Waals surface area (Å²) in [5, 5.41) is 4.04. The quantitative estimate of drug-likeness (QED) is 0.605. The van der Waals surface area contributed by atoms with Crippen molar-refractivity contribution >= 4 is 17.2 Å². The Labute approximate surface area is 66.8 Å². The van der Waals surface area contributed by atoms with Crippen molar-refractivity contribution in [2.75, 3.05) is 0 Å². The van der Waals surface area contributed by atoms with Gasteiger partial charge in [-0.05, 0) is 12.1 Å². The third-order valence-corrected chi connectivity index (χ3v) is 1.57.